The third-order valence-electron chi connectivity index (χ3n) is 2.21. The summed E-state index contributed by atoms with van der Waals surface area (Å²) in [5, 5.41) is 3.22. The van der Waals surface area contributed by atoms with Crippen molar-refractivity contribution in [1.82, 2.24) is 14.5 Å². The number of nitrogens with zero attached hydrogens (tertiary/aromatic N) is 3. The molecule has 0 bridgehead atoms. The number of nitrogens with one attached hydrogen (secondary N) is 1. The van der Waals surface area contributed by atoms with Gasteiger partial charge in [0, 0.05) is 31.7 Å². The topological polar surface area (TPSA) is 52.0 Å². The van der Waals surface area contributed by atoms with Crippen molar-refractivity contribution in [1.29, 1.82) is 0 Å². The van der Waals surface area contributed by atoms with Crippen LogP contribution < -0.4 is 10.1 Å². The molecular weight excluding hydrogens is 204 g/mol. The first-order valence-corrected chi connectivity index (χ1v) is 5.09. The van der Waals surface area contributed by atoms with Gasteiger partial charge >= 0.3 is 0 Å². The van der Waals surface area contributed by atoms with Crippen LogP contribution in [0.4, 0.5) is 5.82 Å². The van der Waals surface area contributed by atoms with Gasteiger partial charge in [-0.15, -0.1) is 0 Å². The zero-order chi connectivity index (χ0) is 11.2. The van der Waals surface area contributed by atoms with Gasteiger partial charge in [0.2, 0.25) is 0 Å². The highest BCUT2D eigenvalue weighted by Crippen LogP contribution is 2.19. The van der Waals surface area contributed by atoms with Crippen molar-refractivity contribution >= 4 is 5.82 Å². The Labute approximate surface area is 94.1 Å². The van der Waals surface area contributed by atoms with E-state index < -0.39 is 0 Å². The molecule has 0 atom stereocenters. The van der Waals surface area contributed by atoms with E-state index in [0.717, 1.165) is 24.7 Å². The molecule has 0 saturated heterocycles. The number of pyridine rings is 1. The summed E-state index contributed by atoms with van der Waals surface area (Å²) in [6.07, 6.45) is 7.22. The van der Waals surface area contributed by atoms with Crippen LogP contribution in [-0.2, 0) is 6.54 Å². The van der Waals surface area contributed by atoms with Gasteiger partial charge in [0.1, 0.15) is 0 Å². The van der Waals surface area contributed by atoms with Crippen molar-refractivity contribution in [2.45, 2.75) is 6.54 Å². The molecule has 0 radical (unpaired) electrons. The largest absolute Gasteiger partial charge is 0.493 e. The SMILES string of the molecule is COc1cccnc1NCCn1ccnc1. The molecule has 2 aromatic heterocycles. The van der Waals surface area contributed by atoms with Crippen LogP contribution in [0.2, 0.25) is 0 Å². The molecule has 0 amide bonds. The van der Waals surface area contributed by atoms with Crippen LogP contribution in [0.1, 0.15) is 0 Å². The van der Waals surface area contributed by atoms with E-state index in [0.29, 0.717) is 0 Å². The second-order valence-electron chi connectivity index (χ2n) is 3.28. The van der Waals surface area contributed by atoms with Crippen LogP contribution in [0.5, 0.6) is 5.75 Å². The van der Waals surface area contributed by atoms with Gasteiger partial charge in [-0.3, -0.25) is 0 Å². The lowest BCUT2D eigenvalue weighted by Gasteiger charge is -2.09. The number of ether oxygens (including phenoxy) is 1. The molecule has 0 aliphatic rings. The van der Waals surface area contributed by atoms with Crippen LogP contribution in [0.3, 0.4) is 0 Å². The van der Waals surface area contributed by atoms with Crippen LogP contribution in [-0.4, -0.2) is 28.2 Å². The van der Waals surface area contributed by atoms with E-state index in [1.54, 1.807) is 25.8 Å². The lowest BCUT2D eigenvalue weighted by molar-refractivity contribution is 0.414. The second kappa shape index (κ2) is 5.16. The van der Waals surface area contributed by atoms with Crippen LogP contribution in [0.25, 0.3) is 0 Å². The van der Waals surface area contributed by atoms with Gasteiger partial charge in [-0.1, -0.05) is 0 Å². The Bertz CT molecular complexity index is 427. The minimum absolute atomic E-state index is 0.758. The van der Waals surface area contributed by atoms with E-state index in [-0.39, 0.29) is 0 Å². The Morgan fingerprint density at radius 1 is 1.44 bits per heavy atom. The normalized spacial score (nSPS) is 10.1. The van der Waals surface area contributed by atoms with Crippen molar-refractivity contribution in [2.24, 2.45) is 0 Å². The lowest BCUT2D eigenvalue weighted by atomic mass is 10.4. The Morgan fingerprint density at radius 2 is 2.38 bits per heavy atom. The standard InChI is InChI=1S/C11H14N4O/c1-16-10-3-2-4-13-11(10)14-6-8-15-7-5-12-9-15/h2-5,7,9H,6,8H2,1H3,(H,13,14). The molecule has 0 saturated carbocycles. The predicted molar refractivity (Wildman–Crippen MR) is 61.5 cm³/mol. The molecule has 2 rings (SSSR count). The van der Waals surface area contributed by atoms with Gasteiger partial charge in [0.25, 0.3) is 0 Å². The fraction of sp³-hybridized carbons (Fsp3) is 0.273. The first kappa shape index (κ1) is 10.5. The number of methoxy groups -OCH3 is 1. The van der Waals surface area contributed by atoms with Gasteiger partial charge < -0.3 is 14.6 Å². The lowest BCUT2D eigenvalue weighted by Crippen LogP contribution is -2.10. The first-order chi connectivity index (χ1) is 7.90. The Hall–Kier alpha value is -2.04. The molecule has 0 aliphatic carbocycles. The monoisotopic (exact) mass is 218 g/mol. The highest BCUT2D eigenvalue weighted by atomic mass is 16.5. The van der Waals surface area contributed by atoms with Gasteiger partial charge in [-0.25, -0.2) is 9.97 Å². The Balaban J connectivity index is 1.89. The molecule has 0 fully saturated rings. The number of rotatable bonds is 5. The van der Waals surface area contributed by atoms with Gasteiger partial charge in [-0.2, -0.15) is 0 Å². The molecule has 5 nitrogen and oxygen atoms in total. The number of imidazole rings is 1. The molecule has 84 valence electrons. The van der Waals surface area contributed by atoms with E-state index in [9.17, 15) is 0 Å². The number of anilines is 1. The van der Waals surface area contributed by atoms with Crippen molar-refractivity contribution in [2.75, 3.05) is 19.0 Å². The summed E-state index contributed by atoms with van der Waals surface area (Å²) in [6.45, 7) is 1.63. The third kappa shape index (κ3) is 2.50. The van der Waals surface area contributed by atoms with E-state index in [1.165, 1.54) is 0 Å². The molecule has 1 N–H and O–H groups in total. The summed E-state index contributed by atoms with van der Waals surface area (Å²) in [7, 11) is 1.64. The minimum Gasteiger partial charge on any atom is -0.493 e. The molecule has 0 aromatic carbocycles. The maximum Gasteiger partial charge on any atom is 0.168 e. The number of aromatic nitrogens is 3. The number of hydrogen-bond donors (Lipinski definition) is 1. The third-order valence-corrected chi connectivity index (χ3v) is 2.21. The van der Waals surface area contributed by atoms with Gasteiger partial charge in [0.05, 0.1) is 13.4 Å². The average molecular weight is 218 g/mol. The smallest absolute Gasteiger partial charge is 0.168 e. The maximum absolute atomic E-state index is 5.19. The van der Waals surface area contributed by atoms with Crippen LogP contribution >= 0.6 is 0 Å². The van der Waals surface area contributed by atoms with E-state index in [1.807, 2.05) is 22.9 Å². The molecule has 5 heteroatoms. The van der Waals surface area contributed by atoms with Gasteiger partial charge in [0.15, 0.2) is 11.6 Å². The summed E-state index contributed by atoms with van der Waals surface area (Å²) >= 11 is 0. The Kier molecular flexibility index (Phi) is 3.38. The fourth-order valence-electron chi connectivity index (χ4n) is 1.41. The molecule has 2 heterocycles. The summed E-state index contributed by atoms with van der Waals surface area (Å²) in [4.78, 5) is 8.18. The highest BCUT2D eigenvalue weighted by Gasteiger charge is 2.01. The minimum atomic E-state index is 0.758. The molecule has 16 heavy (non-hydrogen) atoms. The van der Waals surface area contributed by atoms with Crippen molar-refractivity contribution in [3.05, 3.63) is 37.1 Å². The van der Waals surface area contributed by atoms with Crippen LogP contribution in [0, 0.1) is 0 Å². The van der Waals surface area contributed by atoms with Gasteiger partial charge in [-0.05, 0) is 12.1 Å². The second-order valence-corrected chi connectivity index (χ2v) is 3.28. The Morgan fingerprint density at radius 3 is 3.12 bits per heavy atom. The fourth-order valence-corrected chi connectivity index (χ4v) is 1.41. The number of hydrogen-bond acceptors (Lipinski definition) is 4. The summed E-state index contributed by atoms with van der Waals surface area (Å²) in [5.41, 5.74) is 0. The zero-order valence-corrected chi connectivity index (χ0v) is 9.13. The zero-order valence-electron chi connectivity index (χ0n) is 9.13. The molecule has 0 unspecified atom stereocenters. The maximum atomic E-state index is 5.19. The van der Waals surface area contributed by atoms with E-state index in [4.69, 9.17) is 4.74 Å². The van der Waals surface area contributed by atoms with Crippen molar-refractivity contribution in [3.63, 3.8) is 0 Å². The van der Waals surface area contributed by atoms with E-state index in [2.05, 4.69) is 15.3 Å². The first-order valence-electron chi connectivity index (χ1n) is 5.09. The molecule has 0 spiro atoms. The molecule has 0 aliphatic heterocycles. The van der Waals surface area contributed by atoms with Crippen LogP contribution in [0.15, 0.2) is 37.1 Å². The molecular formula is C11H14N4O. The summed E-state index contributed by atoms with van der Waals surface area (Å²) < 4.78 is 7.19. The summed E-state index contributed by atoms with van der Waals surface area (Å²) in [6, 6.07) is 3.73. The predicted octanol–water partition coefficient (Wildman–Crippen LogP) is 1.40. The highest BCUT2D eigenvalue weighted by molar-refractivity contribution is 5.49. The van der Waals surface area contributed by atoms with Crippen molar-refractivity contribution in [3.8, 4) is 5.75 Å². The van der Waals surface area contributed by atoms with Crippen molar-refractivity contribution < 1.29 is 4.74 Å². The molecule has 2 aromatic rings. The average Bonchev–Trinajstić information content (AvgIpc) is 2.83. The van der Waals surface area contributed by atoms with E-state index >= 15 is 0 Å². The quantitative estimate of drug-likeness (QED) is 0.824. The summed E-state index contributed by atoms with van der Waals surface area (Å²) in [5.74, 6) is 1.53.